The first-order valence-electron chi connectivity index (χ1n) is 10.6. The first kappa shape index (κ1) is 24.0. The van der Waals surface area contributed by atoms with E-state index in [0.29, 0.717) is 12.2 Å². The van der Waals surface area contributed by atoms with Gasteiger partial charge in [-0.2, -0.15) is 8.42 Å². The van der Waals surface area contributed by atoms with E-state index in [1.54, 1.807) is 0 Å². The lowest BCUT2D eigenvalue weighted by molar-refractivity contribution is -0.121. The van der Waals surface area contributed by atoms with Gasteiger partial charge in [-0.1, -0.05) is 59.3 Å². The van der Waals surface area contributed by atoms with Crippen LogP contribution in [0.3, 0.4) is 0 Å². The largest absolute Gasteiger partial charge is 0.298 e. The molecule has 0 radical (unpaired) electrons. The molecule has 0 aromatic heterocycles. The standard InChI is InChI=1S/C20H40O4S2/c1-4-7-15-25(16-8-5-2,24-26(22,23)17-9-6-3)18-20(21)19-13-11-10-12-14-19/h19H,4-18H2,1-3H3. The van der Waals surface area contributed by atoms with Crippen molar-refractivity contribution >= 4 is 26.2 Å². The van der Waals surface area contributed by atoms with Crippen LogP contribution in [-0.4, -0.2) is 37.2 Å². The third-order valence-corrected chi connectivity index (χ3v) is 10.9. The van der Waals surface area contributed by atoms with Gasteiger partial charge in [-0.25, -0.2) is 3.63 Å². The Morgan fingerprint density at radius 3 is 1.85 bits per heavy atom. The molecule has 0 aromatic rings. The van der Waals surface area contributed by atoms with Crippen molar-refractivity contribution in [3.8, 4) is 0 Å². The van der Waals surface area contributed by atoms with Gasteiger partial charge in [0.1, 0.15) is 5.78 Å². The average Bonchev–Trinajstić information content (AvgIpc) is 2.63. The lowest BCUT2D eigenvalue weighted by atomic mass is 9.87. The zero-order chi connectivity index (χ0) is 19.5. The summed E-state index contributed by atoms with van der Waals surface area (Å²) >= 11 is 0. The fraction of sp³-hybridized carbons (Fsp3) is 0.950. The number of rotatable bonds is 14. The zero-order valence-corrected chi connectivity index (χ0v) is 18.8. The molecule has 6 heteroatoms. The molecule has 1 saturated carbocycles. The van der Waals surface area contributed by atoms with E-state index in [2.05, 4.69) is 13.8 Å². The van der Waals surface area contributed by atoms with Gasteiger partial charge in [-0.15, -0.1) is 10.3 Å². The number of unbranched alkanes of at least 4 members (excludes halogenated alkanes) is 3. The Morgan fingerprint density at radius 2 is 1.35 bits per heavy atom. The minimum atomic E-state index is -3.55. The molecule has 0 N–H and O–H groups in total. The van der Waals surface area contributed by atoms with E-state index in [1.807, 2.05) is 6.92 Å². The van der Waals surface area contributed by atoms with Crippen LogP contribution < -0.4 is 0 Å². The summed E-state index contributed by atoms with van der Waals surface area (Å²) in [5.74, 6) is 2.30. The summed E-state index contributed by atoms with van der Waals surface area (Å²) in [7, 11) is -5.45. The van der Waals surface area contributed by atoms with Crippen molar-refractivity contribution in [1.82, 2.24) is 0 Å². The van der Waals surface area contributed by atoms with Gasteiger partial charge in [0, 0.05) is 17.4 Å². The van der Waals surface area contributed by atoms with Crippen molar-refractivity contribution in [2.24, 2.45) is 5.92 Å². The summed E-state index contributed by atoms with van der Waals surface area (Å²) in [6.45, 7) is 6.20. The molecule has 1 fully saturated rings. The van der Waals surface area contributed by atoms with Crippen LogP contribution in [0.1, 0.15) is 91.4 Å². The number of carbonyl (C=O) groups is 1. The molecule has 0 atom stereocenters. The van der Waals surface area contributed by atoms with Crippen LogP contribution in [0.5, 0.6) is 0 Å². The zero-order valence-electron chi connectivity index (χ0n) is 17.1. The van der Waals surface area contributed by atoms with Crippen molar-refractivity contribution in [2.45, 2.75) is 91.4 Å². The van der Waals surface area contributed by atoms with Gasteiger partial charge >= 0.3 is 0 Å². The van der Waals surface area contributed by atoms with Gasteiger partial charge in [-0.3, -0.25) is 4.79 Å². The van der Waals surface area contributed by atoms with Crippen molar-refractivity contribution < 1.29 is 16.8 Å². The van der Waals surface area contributed by atoms with Gasteiger partial charge in [0.25, 0.3) is 10.1 Å². The molecule has 0 spiro atoms. The van der Waals surface area contributed by atoms with Crippen LogP contribution >= 0.6 is 10.3 Å². The normalized spacial score (nSPS) is 17.3. The van der Waals surface area contributed by atoms with Crippen molar-refractivity contribution in [1.29, 1.82) is 0 Å². The SMILES string of the molecule is CCCCS(CCCC)(CC(=O)C1CCCCC1)OS(=O)(=O)CCCC. The molecule has 0 bridgehead atoms. The highest BCUT2D eigenvalue weighted by Gasteiger charge is 2.35. The van der Waals surface area contributed by atoms with Crippen LogP contribution in [0, 0.1) is 5.92 Å². The van der Waals surface area contributed by atoms with Gasteiger partial charge in [0.05, 0.1) is 11.5 Å². The van der Waals surface area contributed by atoms with E-state index in [-0.39, 0.29) is 17.5 Å². The first-order chi connectivity index (χ1) is 12.4. The molecule has 0 heterocycles. The number of hydrogen-bond acceptors (Lipinski definition) is 4. The van der Waals surface area contributed by atoms with Gasteiger partial charge < -0.3 is 0 Å². The number of hydrogen-bond donors (Lipinski definition) is 0. The summed E-state index contributed by atoms with van der Waals surface area (Å²) < 4.78 is 31.1. The molecule has 156 valence electrons. The molecule has 4 nitrogen and oxygen atoms in total. The quantitative estimate of drug-likeness (QED) is 0.375. The topological polar surface area (TPSA) is 60.4 Å². The summed E-state index contributed by atoms with van der Waals surface area (Å²) in [6.07, 6.45) is 10.7. The van der Waals surface area contributed by atoms with Crippen LogP contribution in [0.4, 0.5) is 0 Å². The molecule has 0 amide bonds. The highest BCUT2D eigenvalue weighted by molar-refractivity contribution is 8.33. The second kappa shape index (κ2) is 12.4. The molecule has 1 aliphatic carbocycles. The maximum Gasteiger partial charge on any atom is 0.276 e. The summed E-state index contributed by atoms with van der Waals surface area (Å²) in [5.41, 5.74) is 0. The summed E-state index contributed by atoms with van der Waals surface area (Å²) in [4.78, 5) is 13.0. The Kier molecular flexibility index (Phi) is 11.4. The third-order valence-electron chi connectivity index (χ3n) is 5.20. The van der Waals surface area contributed by atoms with Crippen molar-refractivity contribution in [3.63, 3.8) is 0 Å². The lowest BCUT2D eigenvalue weighted by Gasteiger charge is -2.39. The number of carbonyl (C=O) groups excluding carboxylic acids is 1. The smallest absolute Gasteiger partial charge is 0.276 e. The molecule has 1 aliphatic rings. The monoisotopic (exact) mass is 408 g/mol. The third kappa shape index (κ3) is 8.75. The predicted octanol–water partition coefficient (Wildman–Crippen LogP) is 5.60. The molecule has 0 unspecified atom stereocenters. The van der Waals surface area contributed by atoms with Gasteiger partial charge in [0.2, 0.25) is 0 Å². The molecule has 1 rings (SSSR count). The fourth-order valence-electron chi connectivity index (χ4n) is 3.53. The molecular weight excluding hydrogens is 368 g/mol. The lowest BCUT2D eigenvalue weighted by Crippen LogP contribution is -2.30. The Balaban J connectivity index is 2.96. The Morgan fingerprint density at radius 1 is 0.846 bits per heavy atom. The maximum absolute atomic E-state index is 13.0. The van der Waals surface area contributed by atoms with Crippen LogP contribution in [-0.2, 0) is 18.5 Å². The maximum atomic E-state index is 13.0. The summed E-state index contributed by atoms with van der Waals surface area (Å²) in [5, 5.41) is 0. The Labute approximate surface area is 163 Å². The second-order valence-electron chi connectivity index (χ2n) is 7.71. The predicted molar refractivity (Wildman–Crippen MR) is 113 cm³/mol. The van der Waals surface area contributed by atoms with E-state index < -0.39 is 20.4 Å². The first-order valence-corrected chi connectivity index (χ1v) is 14.2. The fourth-order valence-corrected chi connectivity index (χ4v) is 9.82. The molecule has 0 aromatic carbocycles. The van der Waals surface area contributed by atoms with Gasteiger partial charge in [0.15, 0.2) is 0 Å². The van der Waals surface area contributed by atoms with Crippen molar-refractivity contribution in [2.75, 3.05) is 23.0 Å². The summed E-state index contributed by atoms with van der Waals surface area (Å²) in [6, 6.07) is 0. The van der Waals surface area contributed by atoms with Crippen molar-refractivity contribution in [3.05, 3.63) is 0 Å². The number of ketones is 1. The highest BCUT2D eigenvalue weighted by Crippen LogP contribution is 2.53. The van der Waals surface area contributed by atoms with Crippen LogP contribution in [0.25, 0.3) is 0 Å². The van der Waals surface area contributed by atoms with E-state index in [0.717, 1.165) is 69.3 Å². The Bertz CT molecular complexity index is 488. The van der Waals surface area contributed by atoms with Gasteiger partial charge in [-0.05, 0) is 32.1 Å². The van der Waals surface area contributed by atoms with E-state index in [9.17, 15) is 13.2 Å². The van der Waals surface area contributed by atoms with E-state index in [1.165, 1.54) is 6.42 Å². The van der Waals surface area contributed by atoms with E-state index in [4.69, 9.17) is 3.63 Å². The second-order valence-corrected chi connectivity index (χ2v) is 12.8. The molecule has 26 heavy (non-hydrogen) atoms. The minimum absolute atomic E-state index is 0.0775. The van der Waals surface area contributed by atoms with Crippen LogP contribution in [0.15, 0.2) is 0 Å². The average molecular weight is 409 g/mol. The molecular formula is C20H40O4S2. The number of Topliss-reactive ketones (excluding diaryl/α,β-unsaturated/α-hetero) is 1. The van der Waals surface area contributed by atoms with Crippen LogP contribution in [0.2, 0.25) is 0 Å². The Hall–Kier alpha value is -0.0700. The molecule has 0 saturated heterocycles. The minimum Gasteiger partial charge on any atom is -0.298 e. The van der Waals surface area contributed by atoms with E-state index >= 15 is 0 Å². The molecule has 0 aliphatic heterocycles. The highest BCUT2D eigenvalue weighted by atomic mass is 32.3.